The van der Waals surface area contributed by atoms with Crippen LogP contribution < -0.4 is 0 Å². The van der Waals surface area contributed by atoms with Crippen LogP contribution in [0.1, 0.15) is 60.8 Å². The smallest absolute Gasteiger partial charge is 0.337 e. The Morgan fingerprint density at radius 2 is 1.48 bits per heavy atom. The number of hydrogen-bond donors (Lipinski definition) is 0. The quantitative estimate of drug-likeness (QED) is 0.364. The largest absolute Gasteiger partial charge is 0.463 e. The maximum absolute atomic E-state index is 13.4. The molecular weight excluding hydrogens is 445 g/mol. The average molecular weight is 469 g/mol. The van der Waals surface area contributed by atoms with E-state index in [-0.39, 0.29) is 50.3 Å². The Bertz CT molecular complexity index is 1010. The summed E-state index contributed by atoms with van der Waals surface area (Å²) in [5.41, 5.74) is 2.12. The molecule has 0 unspecified atom stereocenters. The second-order valence-electron chi connectivity index (χ2n) is 8.98. The molecule has 1 aliphatic heterocycles. The van der Waals surface area contributed by atoms with Crippen LogP contribution in [0.4, 0.5) is 22.0 Å². The maximum Gasteiger partial charge on any atom is 0.463 e. The summed E-state index contributed by atoms with van der Waals surface area (Å²) in [6.45, 7) is 4.59. The molecular formula is C24H24F5NO3. The van der Waals surface area contributed by atoms with E-state index in [1.807, 2.05) is 12.1 Å². The van der Waals surface area contributed by atoms with Gasteiger partial charge in [-0.3, -0.25) is 14.4 Å². The number of piperidine rings is 1. The molecule has 0 bridgehead atoms. The van der Waals surface area contributed by atoms with Gasteiger partial charge in [0.1, 0.15) is 17.5 Å². The van der Waals surface area contributed by atoms with Gasteiger partial charge in [-0.15, -0.1) is 5.92 Å². The van der Waals surface area contributed by atoms with Crippen LogP contribution in [0, 0.1) is 31.1 Å². The second-order valence-corrected chi connectivity index (χ2v) is 8.98. The Morgan fingerprint density at radius 3 is 1.91 bits per heavy atom. The third kappa shape index (κ3) is 4.53. The van der Waals surface area contributed by atoms with Gasteiger partial charge in [0.25, 0.3) is 0 Å². The summed E-state index contributed by atoms with van der Waals surface area (Å²) < 4.78 is 64.4. The number of benzene rings is 1. The first kappa shape index (κ1) is 24.9. The van der Waals surface area contributed by atoms with Crippen LogP contribution >= 0.6 is 0 Å². The molecule has 1 amide bonds. The van der Waals surface area contributed by atoms with Crippen LogP contribution in [0.2, 0.25) is 0 Å². The molecule has 2 aliphatic rings. The van der Waals surface area contributed by atoms with Crippen LogP contribution in [0.5, 0.6) is 0 Å². The third-order valence-electron chi connectivity index (χ3n) is 6.63. The number of carbonyl (C=O) groups excluding carboxylic acids is 3. The van der Waals surface area contributed by atoms with Crippen molar-refractivity contribution in [1.29, 1.82) is 0 Å². The van der Waals surface area contributed by atoms with E-state index in [0.29, 0.717) is 10.5 Å². The minimum atomic E-state index is -5.98. The van der Waals surface area contributed by atoms with Gasteiger partial charge < -0.3 is 4.90 Å². The molecule has 0 N–H and O–H groups in total. The van der Waals surface area contributed by atoms with Gasteiger partial charge in [-0.1, -0.05) is 5.92 Å². The topological polar surface area (TPSA) is 54.5 Å². The highest BCUT2D eigenvalue weighted by molar-refractivity contribution is 6.10. The number of Topliss-reactive ketones (excluding diaryl/α,β-unsaturated/α-hetero) is 2. The first-order valence-electron chi connectivity index (χ1n) is 10.6. The highest BCUT2D eigenvalue weighted by Crippen LogP contribution is 2.47. The van der Waals surface area contributed by atoms with E-state index in [1.54, 1.807) is 20.8 Å². The van der Waals surface area contributed by atoms with Crippen molar-refractivity contribution in [3.63, 3.8) is 0 Å². The lowest BCUT2D eigenvalue weighted by atomic mass is 9.62. The first-order chi connectivity index (χ1) is 15.2. The Labute approximate surface area is 188 Å². The maximum atomic E-state index is 13.4. The number of rotatable bonds is 2. The molecule has 1 aliphatic carbocycles. The van der Waals surface area contributed by atoms with E-state index in [9.17, 15) is 36.3 Å². The molecule has 0 aromatic heterocycles. The van der Waals surface area contributed by atoms with Crippen LogP contribution in [0.3, 0.4) is 0 Å². The molecule has 3 rings (SSSR count). The van der Waals surface area contributed by atoms with Gasteiger partial charge >= 0.3 is 18.0 Å². The molecule has 1 saturated carbocycles. The second kappa shape index (κ2) is 8.54. The van der Waals surface area contributed by atoms with E-state index in [4.69, 9.17) is 0 Å². The molecule has 1 saturated heterocycles. The van der Waals surface area contributed by atoms with Gasteiger partial charge in [0.15, 0.2) is 0 Å². The molecule has 1 aromatic carbocycles. The van der Waals surface area contributed by atoms with Gasteiger partial charge in [0.2, 0.25) is 0 Å². The number of aryl methyl sites for hydroxylation is 2. The van der Waals surface area contributed by atoms with Crippen molar-refractivity contribution >= 4 is 17.5 Å². The standard InChI is InChI=1S/C24H24F5NO3/c1-4-5-16-10-14(2)19(15(3)11-16)20-17(31)12-22(13-18(20)32)6-8-30(9-7-22)21(33)23(25,26)24(27,28)29/h10-11,20H,6-9,12-13H2,1-3H3. The summed E-state index contributed by atoms with van der Waals surface area (Å²) in [5.74, 6) is -3.55. The highest BCUT2D eigenvalue weighted by Gasteiger charge is 2.65. The Balaban J connectivity index is 1.77. The lowest BCUT2D eigenvalue weighted by Crippen LogP contribution is -2.56. The van der Waals surface area contributed by atoms with Gasteiger partial charge in [-0.05, 0) is 67.9 Å². The lowest BCUT2D eigenvalue weighted by molar-refractivity contribution is -0.275. The summed E-state index contributed by atoms with van der Waals surface area (Å²) in [5, 5.41) is 0. The highest BCUT2D eigenvalue weighted by atomic mass is 19.4. The summed E-state index contributed by atoms with van der Waals surface area (Å²) >= 11 is 0. The number of hydrogen-bond acceptors (Lipinski definition) is 3. The molecule has 1 heterocycles. The number of ketones is 2. The van der Waals surface area contributed by atoms with Crippen molar-refractivity contribution in [2.45, 2.75) is 64.5 Å². The fourth-order valence-electron chi connectivity index (χ4n) is 5.01. The Hall–Kier alpha value is -2.76. The van der Waals surface area contributed by atoms with Crippen molar-refractivity contribution in [3.8, 4) is 11.8 Å². The summed E-state index contributed by atoms with van der Waals surface area (Å²) in [6, 6.07) is 3.63. The lowest BCUT2D eigenvalue weighted by Gasteiger charge is -2.45. The van der Waals surface area contributed by atoms with Crippen molar-refractivity contribution in [2.75, 3.05) is 13.1 Å². The Morgan fingerprint density at radius 1 is 1.00 bits per heavy atom. The van der Waals surface area contributed by atoms with Gasteiger partial charge in [0, 0.05) is 31.5 Å². The molecule has 0 atom stereocenters. The zero-order valence-electron chi connectivity index (χ0n) is 18.5. The van der Waals surface area contributed by atoms with E-state index < -0.39 is 29.3 Å². The molecule has 9 heteroatoms. The third-order valence-corrected chi connectivity index (χ3v) is 6.63. The van der Waals surface area contributed by atoms with Crippen LogP contribution in [0.25, 0.3) is 0 Å². The summed E-state index contributed by atoms with van der Waals surface area (Å²) in [6.07, 6.45) is -5.93. The SMILES string of the molecule is CC#Cc1cc(C)c(C2C(=O)CC3(CCN(C(=O)C(F)(F)C(F)(F)F)CC3)CC2=O)c(C)c1. The number of amides is 1. The van der Waals surface area contributed by atoms with E-state index >= 15 is 0 Å². The molecule has 0 radical (unpaired) electrons. The zero-order valence-corrected chi connectivity index (χ0v) is 18.5. The minimum Gasteiger partial charge on any atom is -0.337 e. The molecule has 2 fully saturated rings. The van der Waals surface area contributed by atoms with Gasteiger partial charge in [-0.2, -0.15) is 22.0 Å². The van der Waals surface area contributed by atoms with E-state index in [0.717, 1.165) is 16.7 Å². The van der Waals surface area contributed by atoms with Gasteiger partial charge in [-0.25, -0.2) is 0 Å². The minimum absolute atomic E-state index is 0.0104. The number of nitrogens with zero attached hydrogens (tertiary/aromatic N) is 1. The number of likely N-dealkylation sites (tertiary alicyclic amines) is 1. The monoisotopic (exact) mass is 469 g/mol. The number of alkyl halides is 5. The number of carbonyl (C=O) groups is 3. The fraction of sp³-hybridized carbons (Fsp3) is 0.542. The normalized spacial score (nSPS) is 19.5. The molecule has 33 heavy (non-hydrogen) atoms. The molecule has 4 nitrogen and oxygen atoms in total. The predicted molar refractivity (Wildman–Crippen MR) is 110 cm³/mol. The van der Waals surface area contributed by atoms with Crippen LogP contribution in [0.15, 0.2) is 12.1 Å². The molecule has 1 spiro atoms. The van der Waals surface area contributed by atoms with E-state index in [2.05, 4.69) is 11.8 Å². The van der Waals surface area contributed by atoms with E-state index in [1.165, 1.54) is 0 Å². The summed E-state index contributed by atoms with van der Waals surface area (Å²) in [4.78, 5) is 38.4. The summed E-state index contributed by atoms with van der Waals surface area (Å²) in [7, 11) is 0. The van der Waals surface area contributed by atoms with Crippen molar-refractivity contribution in [2.24, 2.45) is 5.41 Å². The first-order valence-corrected chi connectivity index (χ1v) is 10.6. The molecule has 178 valence electrons. The van der Waals surface area contributed by atoms with Crippen molar-refractivity contribution in [1.82, 2.24) is 4.90 Å². The van der Waals surface area contributed by atoms with Crippen LogP contribution in [-0.4, -0.2) is 47.6 Å². The average Bonchev–Trinajstić information content (AvgIpc) is 2.69. The molecule has 1 aromatic rings. The van der Waals surface area contributed by atoms with Crippen molar-refractivity contribution in [3.05, 3.63) is 34.4 Å². The fourth-order valence-corrected chi connectivity index (χ4v) is 5.01. The number of halogens is 5. The van der Waals surface area contributed by atoms with Crippen molar-refractivity contribution < 1.29 is 36.3 Å². The Kier molecular flexibility index (Phi) is 6.44. The predicted octanol–water partition coefficient (Wildman–Crippen LogP) is 4.50. The van der Waals surface area contributed by atoms with Crippen LogP contribution in [-0.2, 0) is 14.4 Å². The zero-order chi connectivity index (χ0) is 24.8. The van der Waals surface area contributed by atoms with Gasteiger partial charge in [0.05, 0.1) is 0 Å².